The summed E-state index contributed by atoms with van der Waals surface area (Å²) in [5.74, 6) is 1.09. The van der Waals surface area contributed by atoms with Gasteiger partial charge in [0, 0.05) is 18.2 Å². The van der Waals surface area contributed by atoms with Gasteiger partial charge in [0.2, 0.25) is 5.95 Å². The molecule has 0 saturated carbocycles. The van der Waals surface area contributed by atoms with E-state index in [9.17, 15) is 9.50 Å². The van der Waals surface area contributed by atoms with E-state index in [1.165, 1.54) is 6.07 Å². The molecule has 0 fully saturated rings. The Kier molecular flexibility index (Phi) is 7.22. The maximum atomic E-state index is 13.8. The Labute approximate surface area is 182 Å². The number of pyridine rings is 1. The number of aliphatic hydroxyl groups is 1. The molecular formula is C23H30FN5O2. The summed E-state index contributed by atoms with van der Waals surface area (Å²) in [5.41, 5.74) is 2.31. The molecule has 0 saturated heterocycles. The Morgan fingerprint density at radius 3 is 2.74 bits per heavy atom. The third-order valence-corrected chi connectivity index (χ3v) is 5.23. The Hall–Kier alpha value is -3.00. The first-order valence-corrected chi connectivity index (χ1v) is 10.5. The lowest BCUT2D eigenvalue weighted by molar-refractivity contribution is 0.212. The first kappa shape index (κ1) is 22.7. The average Bonchev–Trinajstić information content (AvgIpc) is 2.76. The van der Waals surface area contributed by atoms with Crippen LogP contribution < -0.4 is 15.4 Å². The summed E-state index contributed by atoms with van der Waals surface area (Å²) in [6.45, 7) is 6.41. The molecule has 3 rings (SSSR count). The molecule has 0 aliphatic rings. The van der Waals surface area contributed by atoms with Crippen molar-refractivity contribution in [1.82, 2.24) is 15.0 Å². The maximum Gasteiger partial charge on any atom is 0.225 e. The zero-order valence-corrected chi connectivity index (χ0v) is 18.5. The van der Waals surface area contributed by atoms with Crippen molar-refractivity contribution in [2.75, 3.05) is 24.4 Å². The predicted molar refractivity (Wildman–Crippen MR) is 121 cm³/mol. The lowest BCUT2D eigenvalue weighted by Gasteiger charge is -2.29. The van der Waals surface area contributed by atoms with Crippen molar-refractivity contribution in [3.8, 4) is 5.75 Å². The highest BCUT2D eigenvalue weighted by Gasteiger charge is 2.25. The molecule has 8 heteroatoms. The summed E-state index contributed by atoms with van der Waals surface area (Å²) in [6, 6.07) is 7.28. The Bertz CT molecular complexity index is 1050. The molecule has 0 spiro atoms. The molecular weight excluding hydrogens is 397 g/mol. The van der Waals surface area contributed by atoms with Crippen molar-refractivity contribution >= 4 is 22.8 Å². The molecule has 2 aromatic heterocycles. The Morgan fingerprint density at radius 2 is 2.03 bits per heavy atom. The number of anilines is 2. The van der Waals surface area contributed by atoms with Crippen molar-refractivity contribution in [3.63, 3.8) is 0 Å². The van der Waals surface area contributed by atoms with Gasteiger partial charge in [0.15, 0.2) is 5.82 Å². The van der Waals surface area contributed by atoms with Gasteiger partial charge < -0.3 is 20.5 Å². The van der Waals surface area contributed by atoms with Crippen LogP contribution in [0.1, 0.15) is 44.2 Å². The van der Waals surface area contributed by atoms with Crippen molar-refractivity contribution in [1.29, 1.82) is 0 Å². The summed E-state index contributed by atoms with van der Waals surface area (Å²) in [7, 11) is 1.63. The van der Waals surface area contributed by atoms with Crippen LogP contribution in [0.5, 0.6) is 5.75 Å². The fourth-order valence-electron chi connectivity index (χ4n) is 3.37. The van der Waals surface area contributed by atoms with Gasteiger partial charge in [-0.25, -0.2) is 14.4 Å². The fourth-order valence-corrected chi connectivity index (χ4v) is 3.37. The van der Waals surface area contributed by atoms with Crippen LogP contribution in [-0.2, 0) is 6.54 Å². The number of aromatic nitrogens is 3. The van der Waals surface area contributed by atoms with Gasteiger partial charge in [-0.3, -0.25) is 0 Å². The van der Waals surface area contributed by atoms with Crippen LogP contribution in [0, 0.1) is 12.7 Å². The monoisotopic (exact) mass is 427 g/mol. The van der Waals surface area contributed by atoms with Crippen LogP contribution in [0.15, 0.2) is 30.5 Å². The summed E-state index contributed by atoms with van der Waals surface area (Å²) in [5, 5.41) is 16.5. The number of unbranched alkanes of at least 4 members (excludes halogenated alkanes) is 1. The third kappa shape index (κ3) is 5.58. The minimum atomic E-state index is -0.579. The second-order valence-corrected chi connectivity index (χ2v) is 8.03. The van der Waals surface area contributed by atoms with Gasteiger partial charge in [-0.1, -0.05) is 31.9 Å². The summed E-state index contributed by atoms with van der Waals surface area (Å²) < 4.78 is 19.3. The molecule has 166 valence electrons. The quantitative estimate of drug-likeness (QED) is 0.440. The molecule has 7 nitrogen and oxygen atoms in total. The normalized spacial score (nSPS) is 13.1. The standard InChI is InChI=1S/C23H30FN5O2/c1-5-6-9-23(3,14-30)29-21-20-18(11-17(24)13-25-20)27-22(28-21)26-12-16-8-7-15(2)10-19(16)31-4/h7-8,10-11,13,30H,5-6,9,12,14H2,1-4H3,(H2,26,27,28,29)/t23-/m1/s1. The topological polar surface area (TPSA) is 92.2 Å². The molecule has 1 aromatic carbocycles. The van der Waals surface area contributed by atoms with Gasteiger partial charge >= 0.3 is 0 Å². The minimum absolute atomic E-state index is 0.0665. The molecule has 3 aromatic rings. The fraction of sp³-hybridized carbons (Fsp3) is 0.435. The number of hydrogen-bond donors (Lipinski definition) is 3. The second kappa shape index (κ2) is 9.87. The van der Waals surface area contributed by atoms with Crippen molar-refractivity contribution in [2.24, 2.45) is 0 Å². The average molecular weight is 428 g/mol. The lowest BCUT2D eigenvalue weighted by atomic mass is 9.96. The third-order valence-electron chi connectivity index (χ3n) is 5.23. The molecule has 3 N–H and O–H groups in total. The Morgan fingerprint density at radius 1 is 1.23 bits per heavy atom. The number of benzene rings is 1. The van der Waals surface area contributed by atoms with Gasteiger partial charge in [0.25, 0.3) is 0 Å². The van der Waals surface area contributed by atoms with Crippen LogP contribution in [0.3, 0.4) is 0 Å². The van der Waals surface area contributed by atoms with E-state index in [1.54, 1.807) is 7.11 Å². The zero-order chi connectivity index (χ0) is 22.4. The highest BCUT2D eigenvalue weighted by molar-refractivity contribution is 5.86. The van der Waals surface area contributed by atoms with E-state index < -0.39 is 11.4 Å². The number of nitrogens with zero attached hydrogens (tertiary/aromatic N) is 3. The molecule has 31 heavy (non-hydrogen) atoms. The van der Waals surface area contributed by atoms with Crippen LogP contribution in [0.25, 0.3) is 11.0 Å². The van der Waals surface area contributed by atoms with E-state index in [0.29, 0.717) is 29.3 Å². The van der Waals surface area contributed by atoms with E-state index >= 15 is 0 Å². The molecule has 0 aliphatic heterocycles. The van der Waals surface area contributed by atoms with Gasteiger partial charge in [0.1, 0.15) is 17.1 Å². The van der Waals surface area contributed by atoms with Crippen molar-refractivity contribution < 1.29 is 14.2 Å². The second-order valence-electron chi connectivity index (χ2n) is 8.03. The maximum absolute atomic E-state index is 13.8. The first-order valence-electron chi connectivity index (χ1n) is 10.5. The van der Waals surface area contributed by atoms with Crippen LogP contribution in [0.4, 0.5) is 16.2 Å². The number of methoxy groups -OCH3 is 1. The number of hydrogen-bond acceptors (Lipinski definition) is 7. The molecule has 0 unspecified atom stereocenters. The summed E-state index contributed by atoms with van der Waals surface area (Å²) in [6.07, 6.45) is 3.86. The van der Waals surface area contributed by atoms with Gasteiger partial charge in [-0.2, -0.15) is 4.98 Å². The lowest BCUT2D eigenvalue weighted by Crippen LogP contribution is -2.39. The molecule has 1 atom stereocenters. The number of aryl methyl sites for hydroxylation is 1. The Balaban J connectivity index is 1.93. The van der Waals surface area contributed by atoms with E-state index in [1.807, 2.05) is 32.0 Å². The highest BCUT2D eigenvalue weighted by Crippen LogP contribution is 2.27. The van der Waals surface area contributed by atoms with Gasteiger partial charge in [-0.05, 0) is 31.9 Å². The molecule has 2 heterocycles. The minimum Gasteiger partial charge on any atom is -0.496 e. The SMILES string of the molecule is CCCC[C@](C)(CO)Nc1nc(NCc2ccc(C)cc2OC)nc2cc(F)cnc12. The number of fused-ring (bicyclic) bond motifs is 1. The molecule has 0 amide bonds. The number of ether oxygens (including phenoxy) is 1. The van der Waals surface area contributed by atoms with Crippen LogP contribution in [-0.4, -0.2) is 39.3 Å². The highest BCUT2D eigenvalue weighted by atomic mass is 19.1. The molecule has 0 aliphatic carbocycles. The zero-order valence-electron chi connectivity index (χ0n) is 18.5. The van der Waals surface area contributed by atoms with Crippen molar-refractivity contribution in [2.45, 2.75) is 52.1 Å². The van der Waals surface area contributed by atoms with Crippen LogP contribution >= 0.6 is 0 Å². The smallest absolute Gasteiger partial charge is 0.225 e. The molecule has 0 bridgehead atoms. The largest absolute Gasteiger partial charge is 0.496 e. The van der Waals surface area contributed by atoms with E-state index in [-0.39, 0.29) is 6.61 Å². The van der Waals surface area contributed by atoms with E-state index in [2.05, 4.69) is 32.5 Å². The number of rotatable bonds is 10. The van der Waals surface area contributed by atoms with Crippen LogP contribution in [0.2, 0.25) is 0 Å². The first-order chi connectivity index (χ1) is 14.9. The summed E-state index contributed by atoms with van der Waals surface area (Å²) >= 11 is 0. The number of nitrogens with one attached hydrogen (secondary N) is 2. The number of halogens is 1. The summed E-state index contributed by atoms with van der Waals surface area (Å²) in [4.78, 5) is 13.2. The van der Waals surface area contributed by atoms with Gasteiger partial charge in [-0.15, -0.1) is 0 Å². The van der Waals surface area contributed by atoms with E-state index in [4.69, 9.17) is 4.74 Å². The number of aliphatic hydroxyl groups excluding tert-OH is 1. The van der Waals surface area contributed by atoms with Crippen molar-refractivity contribution in [3.05, 3.63) is 47.4 Å². The van der Waals surface area contributed by atoms with Gasteiger partial charge in [0.05, 0.1) is 31.0 Å². The van der Waals surface area contributed by atoms with E-state index in [0.717, 1.165) is 42.3 Å². The predicted octanol–water partition coefficient (Wildman–Crippen LogP) is 4.45. The molecule has 0 radical (unpaired) electrons.